The van der Waals surface area contributed by atoms with Gasteiger partial charge in [-0.1, -0.05) is 59.3 Å². The molecule has 1 unspecified atom stereocenters. The van der Waals surface area contributed by atoms with Crippen molar-refractivity contribution in [3.05, 3.63) is 118 Å². The van der Waals surface area contributed by atoms with E-state index in [1.165, 1.54) is 22.7 Å². The number of rotatable bonds is 4. The van der Waals surface area contributed by atoms with Gasteiger partial charge in [0.15, 0.2) is 4.80 Å². The minimum Gasteiger partial charge on any atom is -0.322 e. The van der Waals surface area contributed by atoms with E-state index in [2.05, 4.69) is 10.3 Å². The van der Waals surface area contributed by atoms with Crippen LogP contribution in [0.2, 0.25) is 5.02 Å². The Morgan fingerprint density at radius 2 is 1.85 bits per heavy atom. The summed E-state index contributed by atoms with van der Waals surface area (Å²) in [6.07, 6.45) is 1.83. The van der Waals surface area contributed by atoms with Gasteiger partial charge >= 0.3 is 0 Å². The molecule has 1 aliphatic heterocycles. The Hall–Kier alpha value is -3.26. The molecule has 1 N–H and O–H groups in total. The van der Waals surface area contributed by atoms with Crippen LogP contribution in [-0.4, -0.2) is 10.5 Å². The highest BCUT2D eigenvalue weighted by atomic mass is 35.5. The number of fused-ring (bicyclic) bond motifs is 1. The summed E-state index contributed by atoms with van der Waals surface area (Å²) >= 11 is 8.83. The fraction of sp³-hybridized carbons (Fsp3) is 0.115. The second-order valence-electron chi connectivity index (χ2n) is 7.92. The molecule has 2 aromatic carbocycles. The first-order valence-corrected chi connectivity index (χ1v) is 12.7. The molecule has 0 radical (unpaired) electrons. The molecule has 1 amide bonds. The first-order valence-electron chi connectivity index (χ1n) is 10.6. The molecule has 0 aliphatic carbocycles. The largest absolute Gasteiger partial charge is 0.322 e. The quantitative estimate of drug-likeness (QED) is 0.429. The van der Waals surface area contributed by atoms with Crippen molar-refractivity contribution in [3.63, 3.8) is 0 Å². The monoisotopic (exact) mass is 505 g/mol. The van der Waals surface area contributed by atoms with E-state index in [1.54, 1.807) is 16.7 Å². The maximum atomic E-state index is 13.6. The van der Waals surface area contributed by atoms with E-state index in [9.17, 15) is 9.59 Å². The molecule has 34 heavy (non-hydrogen) atoms. The van der Waals surface area contributed by atoms with Crippen LogP contribution in [0, 0.1) is 6.92 Å². The number of hydrogen-bond donors (Lipinski definition) is 1. The molecular weight excluding hydrogens is 486 g/mol. The number of thiophene rings is 1. The van der Waals surface area contributed by atoms with Crippen LogP contribution in [0.25, 0.3) is 6.08 Å². The minimum absolute atomic E-state index is 0.175. The number of para-hydroxylation sites is 1. The maximum Gasteiger partial charge on any atom is 0.271 e. The van der Waals surface area contributed by atoms with Gasteiger partial charge in [0.1, 0.15) is 6.04 Å². The molecule has 1 atom stereocenters. The van der Waals surface area contributed by atoms with Gasteiger partial charge in [-0.3, -0.25) is 14.2 Å². The summed E-state index contributed by atoms with van der Waals surface area (Å²) < 4.78 is 2.19. The van der Waals surface area contributed by atoms with Crippen molar-refractivity contribution in [2.75, 3.05) is 5.32 Å². The molecule has 2 aromatic heterocycles. The molecule has 0 bridgehead atoms. The third kappa shape index (κ3) is 4.18. The average Bonchev–Trinajstić information content (AvgIpc) is 3.45. The second-order valence-corrected chi connectivity index (χ2v) is 10.3. The normalized spacial score (nSPS) is 15.7. The molecule has 0 saturated heterocycles. The fourth-order valence-corrected chi connectivity index (χ4v) is 5.94. The van der Waals surface area contributed by atoms with E-state index in [0.29, 0.717) is 25.6 Å². The number of allylic oxidation sites excluding steroid dienone is 1. The van der Waals surface area contributed by atoms with Crippen molar-refractivity contribution in [2.24, 2.45) is 4.99 Å². The van der Waals surface area contributed by atoms with Crippen molar-refractivity contribution >= 4 is 51.9 Å². The summed E-state index contributed by atoms with van der Waals surface area (Å²) in [7, 11) is 0. The van der Waals surface area contributed by atoms with E-state index in [1.807, 2.05) is 73.8 Å². The number of thiazole rings is 1. The highest BCUT2D eigenvalue weighted by molar-refractivity contribution is 7.10. The van der Waals surface area contributed by atoms with Gasteiger partial charge in [-0.25, -0.2) is 4.99 Å². The smallest absolute Gasteiger partial charge is 0.271 e. The molecule has 3 heterocycles. The zero-order valence-electron chi connectivity index (χ0n) is 18.4. The number of nitrogens with one attached hydrogen (secondary N) is 1. The van der Waals surface area contributed by atoms with Crippen molar-refractivity contribution in [1.29, 1.82) is 0 Å². The summed E-state index contributed by atoms with van der Waals surface area (Å²) in [5.74, 6) is -0.263. The number of aryl methyl sites for hydroxylation is 1. The summed E-state index contributed by atoms with van der Waals surface area (Å²) in [5.41, 5.74) is 3.46. The van der Waals surface area contributed by atoms with Crippen LogP contribution in [0.3, 0.4) is 0 Å². The molecule has 0 saturated carbocycles. The second kappa shape index (κ2) is 9.18. The fourth-order valence-electron chi connectivity index (χ4n) is 3.94. The third-order valence-corrected chi connectivity index (χ3v) is 7.80. The van der Waals surface area contributed by atoms with Gasteiger partial charge in [-0.05, 0) is 60.7 Å². The summed E-state index contributed by atoms with van der Waals surface area (Å²) in [4.78, 5) is 33.3. The van der Waals surface area contributed by atoms with Gasteiger partial charge in [-0.15, -0.1) is 11.3 Å². The van der Waals surface area contributed by atoms with E-state index < -0.39 is 6.04 Å². The van der Waals surface area contributed by atoms with E-state index in [4.69, 9.17) is 11.6 Å². The van der Waals surface area contributed by atoms with Crippen LogP contribution in [0.4, 0.5) is 5.69 Å². The number of benzene rings is 2. The first-order chi connectivity index (χ1) is 16.4. The topological polar surface area (TPSA) is 63.5 Å². The Morgan fingerprint density at radius 1 is 1.09 bits per heavy atom. The number of nitrogens with zero attached hydrogens (tertiary/aromatic N) is 2. The summed E-state index contributed by atoms with van der Waals surface area (Å²) in [6.45, 7) is 3.77. The van der Waals surface area contributed by atoms with Crippen LogP contribution >= 0.6 is 34.3 Å². The van der Waals surface area contributed by atoms with Gasteiger partial charge in [0, 0.05) is 15.6 Å². The number of halogens is 1. The van der Waals surface area contributed by atoms with E-state index >= 15 is 0 Å². The van der Waals surface area contributed by atoms with Gasteiger partial charge in [0.05, 0.1) is 15.8 Å². The lowest BCUT2D eigenvalue weighted by Crippen LogP contribution is -2.40. The van der Waals surface area contributed by atoms with E-state index in [-0.39, 0.29) is 11.5 Å². The zero-order chi connectivity index (χ0) is 23.8. The molecular formula is C26H20ClN3O2S2. The van der Waals surface area contributed by atoms with Crippen LogP contribution in [0.15, 0.2) is 87.1 Å². The highest BCUT2D eigenvalue weighted by Gasteiger charge is 2.33. The van der Waals surface area contributed by atoms with Crippen molar-refractivity contribution in [2.45, 2.75) is 19.9 Å². The molecule has 5 nitrogen and oxygen atoms in total. The van der Waals surface area contributed by atoms with Crippen LogP contribution in [0.1, 0.15) is 29.0 Å². The van der Waals surface area contributed by atoms with Crippen LogP contribution < -0.4 is 20.2 Å². The Bertz CT molecular complexity index is 1600. The lowest BCUT2D eigenvalue weighted by molar-refractivity contribution is -0.113. The number of carbonyl (C=O) groups is 1. The van der Waals surface area contributed by atoms with Gasteiger partial charge in [0.25, 0.3) is 11.5 Å². The van der Waals surface area contributed by atoms with Crippen molar-refractivity contribution < 1.29 is 4.79 Å². The predicted octanol–water partition coefficient (Wildman–Crippen LogP) is 4.90. The maximum absolute atomic E-state index is 13.6. The SMILES string of the molecule is CC1=C(C(=O)Nc2ccccc2C)C(c2cccs2)n2c(sc(=Cc3ccc(Cl)cc3)c2=O)=N1. The first kappa shape index (κ1) is 22.5. The lowest BCUT2D eigenvalue weighted by atomic mass is 10.0. The molecule has 0 spiro atoms. The van der Waals surface area contributed by atoms with Gasteiger partial charge < -0.3 is 5.32 Å². The number of aromatic nitrogens is 1. The molecule has 5 rings (SSSR count). The number of anilines is 1. The number of amides is 1. The number of hydrogen-bond acceptors (Lipinski definition) is 5. The molecule has 0 fully saturated rings. The molecule has 4 aromatic rings. The summed E-state index contributed by atoms with van der Waals surface area (Å²) in [6, 6.07) is 18.3. The Labute approximate surface area is 209 Å². The standard InChI is InChI=1S/C26H20ClN3O2S2/c1-15-6-3-4-7-19(15)29-24(31)22-16(2)28-26-30(23(22)20-8-5-13-33-20)25(32)21(34-26)14-17-9-11-18(27)12-10-17/h3-14,23H,1-2H3,(H,29,31). The van der Waals surface area contributed by atoms with Crippen LogP contribution in [-0.2, 0) is 4.79 Å². The zero-order valence-corrected chi connectivity index (χ0v) is 20.8. The molecule has 1 aliphatic rings. The minimum atomic E-state index is -0.548. The Balaban J connectivity index is 1.64. The van der Waals surface area contributed by atoms with E-state index in [0.717, 1.165) is 21.7 Å². The Morgan fingerprint density at radius 3 is 2.56 bits per heavy atom. The van der Waals surface area contributed by atoms with Crippen molar-refractivity contribution in [3.8, 4) is 0 Å². The highest BCUT2D eigenvalue weighted by Crippen LogP contribution is 2.33. The lowest BCUT2D eigenvalue weighted by Gasteiger charge is -2.24. The molecule has 170 valence electrons. The Kier molecular flexibility index (Phi) is 6.08. The van der Waals surface area contributed by atoms with Gasteiger partial charge in [0.2, 0.25) is 0 Å². The van der Waals surface area contributed by atoms with Crippen molar-refractivity contribution in [1.82, 2.24) is 4.57 Å². The predicted molar refractivity (Wildman–Crippen MR) is 139 cm³/mol. The third-order valence-electron chi connectivity index (χ3n) is 5.64. The average molecular weight is 506 g/mol. The van der Waals surface area contributed by atoms with Crippen LogP contribution in [0.5, 0.6) is 0 Å². The number of carbonyl (C=O) groups excluding carboxylic acids is 1. The van der Waals surface area contributed by atoms with Gasteiger partial charge in [-0.2, -0.15) is 0 Å². The molecule has 8 heteroatoms. The summed E-state index contributed by atoms with van der Waals surface area (Å²) in [5, 5.41) is 5.60.